The Balaban J connectivity index is 1.27. The molecule has 146 valence electrons. The fraction of sp³-hybridized carbons (Fsp3) is 0.300. The highest BCUT2D eigenvalue weighted by molar-refractivity contribution is 5.92. The number of hydrogen-bond donors (Lipinski definition) is 0. The summed E-state index contributed by atoms with van der Waals surface area (Å²) in [4.78, 5) is 25.9. The van der Waals surface area contributed by atoms with Crippen molar-refractivity contribution in [2.75, 3.05) is 33.6 Å². The number of fused-ring (bicyclic) bond motifs is 2. The van der Waals surface area contributed by atoms with Gasteiger partial charge in [0.05, 0.1) is 12.1 Å². The average Bonchev–Trinajstić information content (AvgIpc) is 3.19. The number of carbonyl (C=O) groups is 2. The zero-order valence-electron chi connectivity index (χ0n) is 15.3. The normalized spacial score (nSPS) is 16.4. The maximum absolute atomic E-state index is 12.3. The third-order valence-corrected chi connectivity index (χ3v) is 4.41. The zero-order valence-corrected chi connectivity index (χ0v) is 15.3. The molecular formula is C20H19NO7. The monoisotopic (exact) mass is 385 g/mol. The number of amides is 1. The second-order valence-electron chi connectivity index (χ2n) is 6.42. The Labute approximate surface area is 161 Å². The van der Waals surface area contributed by atoms with Gasteiger partial charge in [0.15, 0.2) is 35.7 Å². The Kier molecular flexibility index (Phi) is 4.92. The first-order valence-corrected chi connectivity index (χ1v) is 8.79. The van der Waals surface area contributed by atoms with Crippen molar-refractivity contribution in [1.29, 1.82) is 0 Å². The fourth-order valence-electron chi connectivity index (χ4n) is 2.90. The molecule has 0 saturated heterocycles. The van der Waals surface area contributed by atoms with Gasteiger partial charge in [0, 0.05) is 7.05 Å². The first-order valence-electron chi connectivity index (χ1n) is 8.79. The van der Waals surface area contributed by atoms with Crippen molar-refractivity contribution in [3.05, 3.63) is 48.0 Å². The molecule has 0 spiro atoms. The van der Waals surface area contributed by atoms with E-state index in [-0.39, 0.29) is 25.4 Å². The van der Waals surface area contributed by atoms with Crippen LogP contribution in [-0.4, -0.2) is 56.5 Å². The van der Waals surface area contributed by atoms with Crippen molar-refractivity contribution in [3.8, 4) is 23.0 Å². The summed E-state index contributed by atoms with van der Waals surface area (Å²) in [6, 6.07) is 12.1. The Morgan fingerprint density at radius 3 is 2.64 bits per heavy atom. The second-order valence-corrected chi connectivity index (χ2v) is 6.42. The lowest BCUT2D eigenvalue weighted by Gasteiger charge is -2.29. The summed E-state index contributed by atoms with van der Waals surface area (Å²) in [6.45, 7) is 0.406. The minimum absolute atomic E-state index is 0.120. The molecule has 4 rings (SSSR count). The van der Waals surface area contributed by atoms with Gasteiger partial charge in [-0.25, -0.2) is 4.79 Å². The van der Waals surface area contributed by atoms with E-state index in [0.29, 0.717) is 41.7 Å². The first kappa shape index (κ1) is 18.0. The summed E-state index contributed by atoms with van der Waals surface area (Å²) in [5.41, 5.74) is 0.292. The molecule has 0 N–H and O–H groups in total. The SMILES string of the molecule is CN(C[C@@H]1COc2ccccc2O1)C(=O)COC(=O)c1ccc2c(c1)OCO2. The number of rotatable bonds is 5. The molecule has 2 aliphatic heterocycles. The molecule has 2 aromatic carbocycles. The lowest BCUT2D eigenvalue weighted by Crippen LogP contribution is -2.43. The molecule has 0 aromatic heterocycles. The van der Waals surface area contributed by atoms with E-state index >= 15 is 0 Å². The largest absolute Gasteiger partial charge is 0.486 e. The standard InChI is InChI=1S/C20H19NO7/c1-21(9-14-10-24-15-4-2-3-5-17(15)28-14)19(22)11-25-20(23)13-6-7-16-18(8-13)27-12-26-16/h2-8,14H,9-12H2,1H3/t14-/m1/s1. The quantitative estimate of drug-likeness (QED) is 0.727. The molecule has 0 radical (unpaired) electrons. The van der Waals surface area contributed by atoms with Crippen LogP contribution >= 0.6 is 0 Å². The highest BCUT2D eigenvalue weighted by Crippen LogP contribution is 2.33. The smallest absolute Gasteiger partial charge is 0.338 e. The molecule has 28 heavy (non-hydrogen) atoms. The summed E-state index contributed by atoms with van der Waals surface area (Å²) >= 11 is 0. The van der Waals surface area contributed by atoms with Crippen molar-refractivity contribution in [1.82, 2.24) is 4.90 Å². The number of likely N-dealkylation sites (N-methyl/N-ethyl adjacent to an activating group) is 1. The van der Waals surface area contributed by atoms with Crippen molar-refractivity contribution in [3.63, 3.8) is 0 Å². The van der Waals surface area contributed by atoms with E-state index in [1.165, 1.54) is 11.0 Å². The van der Waals surface area contributed by atoms with Gasteiger partial charge in [-0.05, 0) is 30.3 Å². The van der Waals surface area contributed by atoms with Crippen molar-refractivity contribution in [2.45, 2.75) is 6.10 Å². The fourth-order valence-corrected chi connectivity index (χ4v) is 2.90. The van der Waals surface area contributed by atoms with Gasteiger partial charge in [0.25, 0.3) is 5.91 Å². The number of benzene rings is 2. The van der Waals surface area contributed by atoms with Crippen LogP contribution in [0.4, 0.5) is 0 Å². The van der Waals surface area contributed by atoms with Crippen LogP contribution in [0.1, 0.15) is 10.4 Å². The van der Waals surface area contributed by atoms with E-state index in [4.69, 9.17) is 23.7 Å². The summed E-state index contributed by atoms with van der Waals surface area (Å²) in [6.07, 6.45) is -0.298. The van der Waals surface area contributed by atoms with Crippen LogP contribution in [-0.2, 0) is 9.53 Å². The summed E-state index contributed by atoms with van der Waals surface area (Å²) in [7, 11) is 1.63. The molecular weight excluding hydrogens is 366 g/mol. The number of esters is 1. The third kappa shape index (κ3) is 3.80. The number of para-hydroxylation sites is 2. The van der Waals surface area contributed by atoms with Gasteiger partial charge in [-0.15, -0.1) is 0 Å². The highest BCUT2D eigenvalue weighted by atomic mass is 16.7. The maximum atomic E-state index is 12.3. The van der Waals surface area contributed by atoms with Crippen LogP contribution in [0.5, 0.6) is 23.0 Å². The van der Waals surface area contributed by atoms with Gasteiger partial charge in [-0.2, -0.15) is 0 Å². The maximum Gasteiger partial charge on any atom is 0.338 e. The molecule has 1 amide bonds. The molecule has 8 nitrogen and oxygen atoms in total. The van der Waals surface area contributed by atoms with Crippen LogP contribution in [0.25, 0.3) is 0 Å². The van der Waals surface area contributed by atoms with Crippen molar-refractivity contribution < 1.29 is 33.3 Å². The molecule has 0 bridgehead atoms. The predicted molar refractivity (Wildman–Crippen MR) is 96.8 cm³/mol. The minimum atomic E-state index is -0.605. The summed E-state index contributed by atoms with van der Waals surface area (Å²) < 4.78 is 27.0. The van der Waals surface area contributed by atoms with Crippen LogP contribution in [0.3, 0.4) is 0 Å². The van der Waals surface area contributed by atoms with Crippen molar-refractivity contribution in [2.24, 2.45) is 0 Å². The molecule has 0 unspecified atom stereocenters. The predicted octanol–water partition coefficient (Wildman–Crippen LogP) is 1.87. The van der Waals surface area contributed by atoms with Crippen molar-refractivity contribution >= 4 is 11.9 Å². The van der Waals surface area contributed by atoms with Gasteiger partial charge >= 0.3 is 5.97 Å². The summed E-state index contributed by atoms with van der Waals surface area (Å²) in [5.74, 6) is 1.44. The average molecular weight is 385 g/mol. The number of hydrogen-bond acceptors (Lipinski definition) is 7. The Hall–Kier alpha value is -3.42. The van der Waals surface area contributed by atoms with E-state index in [1.54, 1.807) is 19.2 Å². The van der Waals surface area contributed by atoms with E-state index in [0.717, 1.165) is 0 Å². The molecule has 2 heterocycles. The number of ether oxygens (including phenoxy) is 5. The molecule has 2 aromatic rings. The first-order chi connectivity index (χ1) is 13.6. The van der Waals surface area contributed by atoms with Crippen LogP contribution in [0, 0.1) is 0 Å². The van der Waals surface area contributed by atoms with E-state index in [1.807, 2.05) is 24.3 Å². The minimum Gasteiger partial charge on any atom is -0.486 e. The van der Waals surface area contributed by atoms with Gasteiger partial charge in [-0.1, -0.05) is 12.1 Å². The lowest BCUT2D eigenvalue weighted by atomic mass is 10.2. The number of carbonyl (C=O) groups excluding carboxylic acids is 2. The highest BCUT2D eigenvalue weighted by Gasteiger charge is 2.24. The van der Waals surface area contributed by atoms with Crippen LogP contribution < -0.4 is 18.9 Å². The molecule has 0 aliphatic carbocycles. The topological polar surface area (TPSA) is 83.5 Å². The van der Waals surface area contributed by atoms with Gasteiger partial charge in [0.2, 0.25) is 6.79 Å². The number of nitrogens with zero attached hydrogens (tertiary/aromatic N) is 1. The van der Waals surface area contributed by atoms with E-state index in [2.05, 4.69) is 0 Å². The molecule has 8 heteroatoms. The molecule has 0 fully saturated rings. The van der Waals surface area contributed by atoms with Crippen LogP contribution in [0.15, 0.2) is 42.5 Å². The van der Waals surface area contributed by atoms with Gasteiger partial charge < -0.3 is 28.6 Å². The van der Waals surface area contributed by atoms with Gasteiger partial charge in [0.1, 0.15) is 6.61 Å². The lowest BCUT2D eigenvalue weighted by molar-refractivity contribution is -0.134. The van der Waals surface area contributed by atoms with E-state index in [9.17, 15) is 9.59 Å². The molecule has 1 atom stereocenters. The van der Waals surface area contributed by atoms with Crippen LogP contribution in [0.2, 0.25) is 0 Å². The Bertz CT molecular complexity index is 898. The zero-order chi connectivity index (χ0) is 19.5. The van der Waals surface area contributed by atoms with Gasteiger partial charge in [-0.3, -0.25) is 4.79 Å². The molecule has 0 saturated carbocycles. The Morgan fingerprint density at radius 2 is 1.79 bits per heavy atom. The third-order valence-electron chi connectivity index (χ3n) is 4.41. The molecule has 2 aliphatic rings. The summed E-state index contributed by atoms with van der Waals surface area (Å²) in [5, 5.41) is 0. The van der Waals surface area contributed by atoms with E-state index < -0.39 is 5.97 Å². The Morgan fingerprint density at radius 1 is 1.04 bits per heavy atom. The second kappa shape index (κ2) is 7.67.